The molecular weight excluding hydrogens is 397 g/mol. The van der Waals surface area contributed by atoms with Crippen LogP contribution in [0.15, 0.2) is 42.7 Å². The van der Waals surface area contributed by atoms with Crippen molar-refractivity contribution in [1.29, 1.82) is 0 Å². The first-order chi connectivity index (χ1) is 13.9. The van der Waals surface area contributed by atoms with Gasteiger partial charge in [0.25, 0.3) is 0 Å². The molecule has 4 rings (SSSR count). The highest BCUT2D eigenvalue weighted by molar-refractivity contribution is 7.17. The van der Waals surface area contributed by atoms with Gasteiger partial charge in [0, 0.05) is 5.56 Å². The first-order valence-corrected chi connectivity index (χ1v) is 9.26. The summed E-state index contributed by atoms with van der Waals surface area (Å²) in [5.74, 6) is -1.12. The lowest BCUT2D eigenvalue weighted by Crippen LogP contribution is -2.00. The third kappa shape index (κ3) is 3.69. The number of hydrogen-bond acceptors (Lipinski definition) is 7. The summed E-state index contributed by atoms with van der Waals surface area (Å²) < 4.78 is 21.3. The molecule has 0 bridgehead atoms. The Morgan fingerprint density at radius 1 is 1.17 bits per heavy atom. The van der Waals surface area contributed by atoms with Crippen molar-refractivity contribution in [1.82, 2.24) is 25.2 Å². The zero-order valence-electron chi connectivity index (χ0n) is 15.3. The number of thiazole rings is 1. The standard InChI is InChI=1S/C19H14FN5O3S/c1-10-3-5-13(20)16(7-10)28-15-6-4-12(8-14(15)25-9-21-23-24-25)18-22-11(2)17(29-18)19(26)27/h3-9H,1-2H3,(H,26,27). The van der Waals surface area contributed by atoms with Crippen LogP contribution in [0.5, 0.6) is 11.5 Å². The Balaban J connectivity index is 1.80. The molecular formula is C19H14FN5O3S. The average Bonchev–Trinajstić information content (AvgIpc) is 3.35. The summed E-state index contributed by atoms with van der Waals surface area (Å²) in [5.41, 5.74) is 2.40. The van der Waals surface area contributed by atoms with Gasteiger partial charge >= 0.3 is 5.97 Å². The fourth-order valence-corrected chi connectivity index (χ4v) is 3.61. The molecule has 2 aromatic heterocycles. The van der Waals surface area contributed by atoms with E-state index in [0.717, 1.165) is 16.9 Å². The van der Waals surface area contributed by atoms with E-state index in [0.29, 0.717) is 27.7 Å². The van der Waals surface area contributed by atoms with Gasteiger partial charge in [0.15, 0.2) is 17.3 Å². The number of carboxylic acids is 1. The Morgan fingerprint density at radius 2 is 2.00 bits per heavy atom. The Bertz CT molecular complexity index is 1210. The molecule has 8 nitrogen and oxygen atoms in total. The minimum absolute atomic E-state index is 0.0744. The number of benzene rings is 2. The van der Waals surface area contributed by atoms with Crippen molar-refractivity contribution in [3.05, 3.63) is 64.7 Å². The molecule has 0 saturated heterocycles. The van der Waals surface area contributed by atoms with Crippen molar-refractivity contribution in [2.75, 3.05) is 0 Å². The van der Waals surface area contributed by atoms with Crippen LogP contribution in [0.1, 0.15) is 20.9 Å². The molecule has 0 amide bonds. The highest BCUT2D eigenvalue weighted by Crippen LogP contribution is 2.35. The molecule has 2 aromatic carbocycles. The van der Waals surface area contributed by atoms with Gasteiger partial charge < -0.3 is 9.84 Å². The van der Waals surface area contributed by atoms with E-state index in [1.807, 2.05) is 6.92 Å². The van der Waals surface area contributed by atoms with Gasteiger partial charge in [0.2, 0.25) is 0 Å². The number of tetrazole rings is 1. The van der Waals surface area contributed by atoms with Gasteiger partial charge in [-0.1, -0.05) is 6.07 Å². The van der Waals surface area contributed by atoms with E-state index in [1.165, 1.54) is 17.1 Å². The van der Waals surface area contributed by atoms with Crippen LogP contribution in [0, 0.1) is 19.7 Å². The van der Waals surface area contributed by atoms with Crippen molar-refractivity contribution in [3.63, 3.8) is 0 Å². The van der Waals surface area contributed by atoms with Crippen LogP contribution in [0.3, 0.4) is 0 Å². The molecule has 4 aromatic rings. The van der Waals surface area contributed by atoms with E-state index in [-0.39, 0.29) is 10.6 Å². The highest BCUT2D eigenvalue weighted by atomic mass is 32.1. The molecule has 0 aliphatic carbocycles. The minimum atomic E-state index is -1.03. The summed E-state index contributed by atoms with van der Waals surface area (Å²) in [6.07, 6.45) is 1.38. The maximum atomic E-state index is 14.2. The SMILES string of the molecule is Cc1ccc(F)c(Oc2ccc(-c3nc(C)c(C(=O)O)s3)cc2-n2cnnn2)c1. The normalized spacial score (nSPS) is 10.9. The smallest absolute Gasteiger partial charge is 0.347 e. The summed E-state index contributed by atoms with van der Waals surface area (Å²) in [6, 6.07) is 9.66. The zero-order valence-corrected chi connectivity index (χ0v) is 16.1. The summed E-state index contributed by atoms with van der Waals surface area (Å²) in [5, 5.41) is 21.0. The fraction of sp³-hybridized carbons (Fsp3) is 0.105. The molecule has 0 atom stereocenters. The van der Waals surface area contributed by atoms with Crippen molar-refractivity contribution in [2.45, 2.75) is 13.8 Å². The fourth-order valence-electron chi connectivity index (χ4n) is 2.71. The maximum Gasteiger partial charge on any atom is 0.347 e. The second-order valence-corrected chi connectivity index (χ2v) is 7.21. The van der Waals surface area contributed by atoms with Gasteiger partial charge in [-0.3, -0.25) is 0 Å². The summed E-state index contributed by atoms with van der Waals surface area (Å²) in [7, 11) is 0. The van der Waals surface area contributed by atoms with Crippen molar-refractivity contribution in [3.8, 4) is 27.8 Å². The number of carboxylic acid groups (broad SMARTS) is 1. The van der Waals surface area contributed by atoms with E-state index >= 15 is 0 Å². The molecule has 0 saturated carbocycles. The second-order valence-electron chi connectivity index (χ2n) is 6.21. The molecule has 29 heavy (non-hydrogen) atoms. The van der Waals surface area contributed by atoms with E-state index < -0.39 is 11.8 Å². The number of rotatable bonds is 5. The third-order valence-corrected chi connectivity index (χ3v) is 5.29. The number of aryl methyl sites for hydroxylation is 2. The molecule has 0 aliphatic heterocycles. The molecule has 0 fully saturated rings. The zero-order chi connectivity index (χ0) is 20.5. The lowest BCUT2D eigenvalue weighted by atomic mass is 10.2. The predicted molar refractivity (Wildman–Crippen MR) is 103 cm³/mol. The van der Waals surface area contributed by atoms with Gasteiger partial charge in [0.1, 0.15) is 21.9 Å². The van der Waals surface area contributed by atoms with Crippen molar-refractivity contribution >= 4 is 17.3 Å². The van der Waals surface area contributed by atoms with Gasteiger partial charge in [-0.15, -0.1) is 16.4 Å². The molecule has 0 aliphatic rings. The van der Waals surface area contributed by atoms with E-state index in [1.54, 1.807) is 37.3 Å². The molecule has 2 heterocycles. The van der Waals surface area contributed by atoms with Gasteiger partial charge in [-0.25, -0.2) is 14.2 Å². The number of halogens is 1. The van der Waals surface area contributed by atoms with Crippen LogP contribution in [0.2, 0.25) is 0 Å². The summed E-state index contributed by atoms with van der Waals surface area (Å²) >= 11 is 1.07. The number of hydrogen-bond donors (Lipinski definition) is 1. The number of aromatic nitrogens is 5. The maximum absolute atomic E-state index is 14.2. The molecule has 146 valence electrons. The minimum Gasteiger partial charge on any atom is -0.477 e. The third-order valence-electron chi connectivity index (χ3n) is 4.10. The van der Waals surface area contributed by atoms with E-state index in [4.69, 9.17) is 4.74 Å². The van der Waals surface area contributed by atoms with E-state index in [2.05, 4.69) is 20.5 Å². The Hall–Kier alpha value is -3.66. The van der Waals surface area contributed by atoms with Crippen LogP contribution in [0.4, 0.5) is 4.39 Å². The van der Waals surface area contributed by atoms with E-state index in [9.17, 15) is 14.3 Å². The van der Waals surface area contributed by atoms with Crippen LogP contribution < -0.4 is 4.74 Å². The van der Waals surface area contributed by atoms with Gasteiger partial charge in [0.05, 0.1) is 5.69 Å². The molecule has 0 unspecified atom stereocenters. The Morgan fingerprint density at radius 3 is 2.69 bits per heavy atom. The van der Waals surface area contributed by atoms with Gasteiger partial charge in [-0.2, -0.15) is 4.68 Å². The number of carbonyl (C=O) groups is 1. The highest BCUT2D eigenvalue weighted by Gasteiger charge is 2.18. The monoisotopic (exact) mass is 411 g/mol. The average molecular weight is 411 g/mol. The number of aromatic carboxylic acids is 1. The lowest BCUT2D eigenvalue weighted by Gasteiger charge is -2.12. The lowest BCUT2D eigenvalue weighted by molar-refractivity contribution is 0.0701. The topological polar surface area (TPSA) is 103 Å². The van der Waals surface area contributed by atoms with Gasteiger partial charge in [-0.05, 0) is 60.2 Å². The summed E-state index contributed by atoms with van der Waals surface area (Å²) in [6.45, 7) is 3.48. The number of nitrogens with zero attached hydrogens (tertiary/aromatic N) is 5. The Kier molecular flexibility index (Phi) is 4.77. The second kappa shape index (κ2) is 7.40. The quantitative estimate of drug-likeness (QED) is 0.529. The molecule has 10 heteroatoms. The van der Waals surface area contributed by atoms with Crippen LogP contribution in [-0.4, -0.2) is 36.3 Å². The first-order valence-electron chi connectivity index (χ1n) is 8.45. The molecule has 0 spiro atoms. The van der Waals surface area contributed by atoms with Crippen molar-refractivity contribution < 1.29 is 19.0 Å². The molecule has 1 N–H and O–H groups in total. The Labute approximate surface area is 168 Å². The van der Waals surface area contributed by atoms with Crippen LogP contribution in [0.25, 0.3) is 16.3 Å². The van der Waals surface area contributed by atoms with Crippen LogP contribution >= 0.6 is 11.3 Å². The number of ether oxygens (including phenoxy) is 1. The summed E-state index contributed by atoms with van der Waals surface area (Å²) in [4.78, 5) is 15.8. The first kappa shape index (κ1) is 18.7. The largest absolute Gasteiger partial charge is 0.477 e. The van der Waals surface area contributed by atoms with Crippen molar-refractivity contribution in [2.24, 2.45) is 0 Å². The molecule has 0 radical (unpaired) electrons. The predicted octanol–water partition coefficient (Wildman–Crippen LogP) is 4.03. The van der Waals surface area contributed by atoms with Crippen LogP contribution in [-0.2, 0) is 0 Å².